The Bertz CT molecular complexity index is 836. The molecule has 8 heteroatoms. The van der Waals surface area contributed by atoms with E-state index in [0.717, 1.165) is 20.5 Å². The van der Waals surface area contributed by atoms with Crippen molar-refractivity contribution in [3.8, 4) is 0 Å². The van der Waals surface area contributed by atoms with Crippen LogP contribution in [-0.2, 0) is 5.75 Å². The van der Waals surface area contributed by atoms with Crippen molar-refractivity contribution in [2.24, 2.45) is 10.8 Å². The molecule has 0 radical (unpaired) electrons. The van der Waals surface area contributed by atoms with Crippen LogP contribution in [0.5, 0.6) is 0 Å². The third kappa shape index (κ3) is 4.10. The zero-order chi connectivity index (χ0) is 16.2. The highest BCUT2D eigenvalue weighted by molar-refractivity contribution is 8.00. The van der Waals surface area contributed by atoms with Crippen molar-refractivity contribution in [3.63, 3.8) is 0 Å². The van der Waals surface area contributed by atoms with Crippen molar-refractivity contribution >= 4 is 56.9 Å². The lowest BCUT2D eigenvalue weighted by Crippen LogP contribution is -2.24. The molecule has 23 heavy (non-hydrogen) atoms. The molecule has 0 bridgehead atoms. The SMILES string of the molecule is Cc1sc(/C=N/NC(N)=O)cc1CSc1nc2ccccc2s1. The van der Waals surface area contributed by atoms with Gasteiger partial charge in [0.15, 0.2) is 4.34 Å². The van der Waals surface area contributed by atoms with Crippen molar-refractivity contribution in [1.82, 2.24) is 10.4 Å². The molecular formula is C15H14N4OS3. The number of amides is 2. The quantitative estimate of drug-likeness (QED) is 0.409. The van der Waals surface area contributed by atoms with E-state index in [9.17, 15) is 4.79 Å². The molecule has 118 valence electrons. The molecule has 2 aromatic heterocycles. The normalized spacial score (nSPS) is 11.3. The summed E-state index contributed by atoms with van der Waals surface area (Å²) < 4.78 is 2.28. The van der Waals surface area contributed by atoms with Crippen LogP contribution in [0.2, 0.25) is 0 Å². The number of carbonyl (C=O) groups is 1. The number of hydrogen-bond donors (Lipinski definition) is 2. The number of hydrazone groups is 1. The topological polar surface area (TPSA) is 80.4 Å². The lowest BCUT2D eigenvalue weighted by molar-refractivity contribution is 0.249. The number of rotatable bonds is 5. The summed E-state index contributed by atoms with van der Waals surface area (Å²) in [6.07, 6.45) is 1.61. The number of thioether (sulfide) groups is 1. The lowest BCUT2D eigenvalue weighted by Gasteiger charge is -1.96. The highest BCUT2D eigenvalue weighted by Gasteiger charge is 2.08. The van der Waals surface area contributed by atoms with Crippen LogP contribution in [0, 0.1) is 6.92 Å². The Morgan fingerprint density at radius 1 is 1.43 bits per heavy atom. The van der Waals surface area contributed by atoms with E-state index in [1.807, 2.05) is 18.2 Å². The van der Waals surface area contributed by atoms with Gasteiger partial charge in [-0.05, 0) is 30.7 Å². The lowest BCUT2D eigenvalue weighted by atomic mass is 10.3. The van der Waals surface area contributed by atoms with E-state index < -0.39 is 6.03 Å². The van der Waals surface area contributed by atoms with Crippen LogP contribution in [0.3, 0.4) is 0 Å². The number of aromatic nitrogens is 1. The second kappa shape index (κ2) is 7.12. The zero-order valence-corrected chi connectivity index (χ0v) is 14.7. The minimum absolute atomic E-state index is 0.666. The number of benzene rings is 1. The average molecular weight is 363 g/mol. The molecule has 2 heterocycles. The van der Waals surface area contributed by atoms with Gasteiger partial charge in [0.2, 0.25) is 0 Å². The molecule has 2 amide bonds. The Kier molecular flexibility index (Phi) is 4.94. The molecule has 3 N–H and O–H groups in total. The van der Waals surface area contributed by atoms with Crippen molar-refractivity contribution < 1.29 is 4.79 Å². The number of fused-ring (bicyclic) bond motifs is 1. The average Bonchev–Trinajstić information content (AvgIpc) is 3.07. The molecule has 0 saturated heterocycles. The van der Waals surface area contributed by atoms with E-state index >= 15 is 0 Å². The fourth-order valence-corrected chi connectivity index (χ4v) is 5.10. The molecule has 0 unspecified atom stereocenters. The van der Waals surface area contributed by atoms with Gasteiger partial charge in [0.1, 0.15) is 0 Å². The third-order valence-electron chi connectivity index (χ3n) is 3.03. The number of hydrogen-bond acceptors (Lipinski definition) is 6. The van der Waals surface area contributed by atoms with Crippen molar-refractivity contribution in [2.75, 3.05) is 0 Å². The standard InChI is InChI=1S/C15H14N4OS3/c1-9-10(6-11(22-9)7-17-19-14(16)20)8-21-15-18-12-4-2-3-5-13(12)23-15/h2-7H,8H2,1H3,(H3,16,19,20)/b17-7+. The van der Waals surface area contributed by atoms with E-state index in [0.29, 0.717) is 0 Å². The number of para-hydroxylation sites is 1. The number of thiazole rings is 1. The van der Waals surface area contributed by atoms with Crippen molar-refractivity contribution in [2.45, 2.75) is 17.0 Å². The van der Waals surface area contributed by atoms with Gasteiger partial charge in [0.25, 0.3) is 0 Å². The first-order valence-electron chi connectivity index (χ1n) is 6.78. The number of carbonyl (C=O) groups excluding carboxylic acids is 1. The van der Waals surface area contributed by atoms with Gasteiger partial charge >= 0.3 is 6.03 Å². The van der Waals surface area contributed by atoms with Crippen LogP contribution in [0.15, 0.2) is 39.8 Å². The highest BCUT2D eigenvalue weighted by Crippen LogP contribution is 2.33. The van der Waals surface area contributed by atoms with Gasteiger partial charge in [-0.1, -0.05) is 23.9 Å². The van der Waals surface area contributed by atoms with Crippen LogP contribution >= 0.6 is 34.4 Å². The Labute approximate surface area is 145 Å². The maximum atomic E-state index is 10.6. The van der Waals surface area contributed by atoms with E-state index in [1.165, 1.54) is 15.1 Å². The number of primary amides is 1. The van der Waals surface area contributed by atoms with E-state index in [2.05, 4.69) is 34.6 Å². The summed E-state index contributed by atoms with van der Waals surface area (Å²) in [7, 11) is 0. The fourth-order valence-electron chi connectivity index (χ4n) is 1.96. The zero-order valence-electron chi connectivity index (χ0n) is 12.3. The Morgan fingerprint density at radius 2 is 2.26 bits per heavy atom. The van der Waals surface area contributed by atoms with E-state index in [-0.39, 0.29) is 0 Å². The Hall–Kier alpha value is -1.90. The molecule has 0 saturated carbocycles. The van der Waals surface area contributed by atoms with Crippen LogP contribution in [0.25, 0.3) is 10.2 Å². The molecule has 3 aromatic rings. The van der Waals surface area contributed by atoms with Gasteiger partial charge in [-0.25, -0.2) is 15.2 Å². The van der Waals surface area contributed by atoms with Gasteiger partial charge in [0, 0.05) is 15.5 Å². The second-order valence-electron chi connectivity index (χ2n) is 4.70. The summed E-state index contributed by atoms with van der Waals surface area (Å²) in [5, 5.41) is 3.79. The van der Waals surface area contributed by atoms with Crippen LogP contribution < -0.4 is 11.2 Å². The summed E-state index contributed by atoms with van der Waals surface area (Å²) in [6, 6.07) is 9.57. The number of thiophene rings is 1. The molecule has 0 aliphatic carbocycles. The van der Waals surface area contributed by atoms with E-state index in [1.54, 1.807) is 40.7 Å². The molecule has 0 atom stereocenters. The maximum absolute atomic E-state index is 10.6. The first kappa shape index (κ1) is 16.0. The van der Waals surface area contributed by atoms with Gasteiger partial charge in [-0.15, -0.1) is 22.7 Å². The van der Waals surface area contributed by atoms with Crippen LogP contribution in [0.4, 0.5) is 4.79 Å². The highest BCUT2D eigenvalue weighted by atomic mass is 32.2. The fraction of sp³-hybridized carbons (Fsp3) is 0.133. The summed E-state index contributed by atoms with van der Waals surface area (Å²) in [5.41, 5.74) is 9.46. The maximum Gasteiger partial charge on any atom is 0.332 e. The van der Waals surface area contributed by atoms with Crippen LogP contribution in [-0.4, -0.2) is 17.2 Å². The molecule has 3 rings (SSSR count). The summed E-state index contributed by atoms with van der Waals surface area (Å²) in [6.45, 7) is 2.08. The minimum atomic E-state index is -0.666. The summed E-state index contributed by atoms with van der Waals surface area (Å²) in [4.78, 5) is 17.4. The first-order chi connectivity index (χ1) is 11.1. The number of nitrogens with two attached hydrogens (primary N) is 1. The van der Waals surface area contributed by atoms with Crippen molar-refractivity contribution in [1.29, 1.82) is 0 Å². The molecule has 0 fully saturated rings. The van der Waals surface area contributed by atoms with Gasteiger partial charge in [-0.2, -0.15) is 5.10 Å². The monoisotopic (exact) mass is 362 g/mol. The third-order valence-corrected chi connectivity index (χ3v) is 6.29. The smallest absolute Gasteiger partial charge is 0.332 e. The second-order valence-corrected chi connectivity index (χ2v) is 8.24. The number of nitrogens with zero attached hydrogens (tertiary/aromatic N) is 2. The molecule has 0 aliphatic rings. The molecule has 0 aliphatic heterocycles. The predicted molar refractivity (Wildman–Crippen MR) is 98.6 cm³/mol. The van der Waals surface area contributed by atoms with Crippen LogP contribution in [0.1, 0.15) is 15.3 Å². The number of nitrogens with one attached hydrogen (secondary N) is 1. The molecule has 1 aromatic carbocycles. The summed E-state index contributed by atoms with van der Waals surface area (Å²) in [5.74, 6) is 0.860. The largest absolute Gasteiger partial charge is 0.350 e. The van der Waals surface area contributed by atoms with E-state index in [4.69, 9.17) is 5.73 Å². The minimum Gasteiger partial charge on any atom is -0.350 e. The van der Waals surface area contributed by atoms with Crippen molar-refractivity contribution in [3.05, 3.63) is 45.6 Å². The first-order valence-corrected chi connectivity index (χ1v) is 9.40. The van der Waals surface area contributed by atoms with Gasteiger partial charge in [0.05, 0.1) is 16.4 Å². The molecular weight excluding hydrogens is 348 g/mol. The summed E-state index contributed by atoms with van der Waals surface area (Å²) >= 11 is 5.08. The Morgan fingerprint density at radius 3 is 3.04 bits per heavy atom. The molecule has 5 nitrogen and oxygen atoms in total. The van der Waals surface area contributed by atoms with Gasteiger partial charge in [-0.3, -0.25) is 0 Å². The number of aryl methyl sites for hydroxylation is 1. The predicted octanol–water partition coefficient (Wildman–Crippen LogP) is 3.96. The molecule has 0 spiro atoms. The number of urea groups is 1. The van der Waals surface area contributed by atoms with Gasteiger partial charge < -0.3 is 5.73 Å². The Balaban J connectivity index is 1.67.